The Labute approximate surface area is 115 Å². The van der Waals surface area contributed by atoms with E-state index in [0.29, 0.717) is 17.7 Å². The summed E-state index contributed by atoms with van der Waals surface area (Å²) in [4.78, 5) is 4.46. The zero-order valence-corrected chi connectivity index (χ0v) is 11.0. The molecule has 2 aromatic carbocycles. The van der Waals surface area contributed by atoms with Gasteiger partial charge in [0.2, 0.25) is 0 Å². The molecular weight excluding hydrogens is 253 g/mol. The summed E-state index contributed by atoms with van der Waals surface area (Å²) in [6.45, 7) is 2.31. The lowest BCUT2D eigenvalue weighted by molar-refractivity contribution is 0.599. The highest BCUT2D eigenvalue weighted by Gasteiger charge is 2.10. The summed E-state index contributed by atoms with van der Waals surface area (Å²) in [6, 6.07) is 14.3. The van der Waals surface area contributed by atoms with E-state index in [4.69, 9.17) is 5.26 Å². The maximum Gasteiger partial charge on any atom is 0.129 e. The third kappa shape index (κ3) is 2.04. The Balaban J connectivity index is 2.06. The predicted octanol–water partition coefficient (Wildman–Crippen LogP) is 3.40. The van der Waals surface area contributed by atoms with Crippen LogP contribution in [0.1, 0.15) is 17.0 Å². The molecule has 3 nitrogen and oxygen atoms in total. The van der Waals surface area contributed by atoms with E-state index in [9.17, 15) is 4.39 Å². The van der Waals surface area contributed by atoms with Crippen LogP contribution in [0.25, 0.3) is 11.0 Å². The van der Waals surface area contributed by atoms with Crippen LogP contribution in [0.4, 0.5) is 4.39 Å². The molecule has 0 radical (unpaired) electrons. The standard InChI is InChI=1S/C16H12FN3/c1-11-19-15-4-2-3-5-16(15)20(11)10-13-7-6-12(9-18)8-14(13)17/h2-8H,10H2,1H3. The number of hydrogen-bond acceptors (Lipinski definition) is 2. The first kappa shape index (κ1) is 12.4. The van der Waals surface area contributed by atoms with Gasteiger partial charge in [-0.15, -0.1) is 0 Å². The fraction of sp³-hybridized carbons (Fsp3) is 0.125. The highest BCUT2D eigenvalue weighted by atomic mass is 19.1. The van der Waals surface area contributed by atoms with Crippen molar-refractivity contribution in [3.05, 3.63) is 65.2 Å². The molecule has 0 unspecified atom stereocenters. The number of nitriles is 1. The van der Waals surface area contributed by atoms with Crippen molar-refractivity contribution in [2.45, 2.75) is 13.5 Å². The summed E-state index contributed by atoms with van der Waals surface area (Å²) in [6.07, 6.45) is 0. The number of halogens is 1. The Hall–Kier alpha value is -2.67. The minimum atomic E-state index is -0.360. The van der Waals surface area contributed by atoms with Crippen LogP contribution >= 0.6 is 0 Å². The van der Waals surface area contributed by atoms with E-state index >= 15 is 0 Å². The van der Waals surface area contributed by atoms with Gasteiger partial charge in [0.25, 0.3) is 0 Å². The molecule has 3 rings (SSSR count). The van der Waals surface area contributed by atoms with Crippen LogP contribution in [0, 0.1) is 24.1 Å². The van der Waals surface area contributed by atoms with E-state index in [1.165, 1.54) is 6.07 Å². The van der Waals surface area contributed by atoms with Crippen LogP contribution in [0.5, 0.6) is 0 Å². The molecule has 0 aliphatic heterocycles. The van der Waals surface area contributed by atoms with Gasteiger partial charge in [0, 0.05) is 5.56 Å². The molecule has 0 aliphatic rings. The van der Waals surface area contributed by atoms with Crippen molar-refractivity contribution < 1.29 is 4.39 Å². The van der Waals surface area contributed by atoms with Crippen molar-refractivity contribution in [2.75, 3.05) is 0 Å². The normalized spacial score (nSPS) is 10.7. The van der Waals surface area contributed by atoms with Crippen LogP contribution in [0.15, 0.2) is 42.5 Å². The third-order valence-electron chi connectivity index (χ3n) is 3.36. The number of rotatable bonds is 2. The molecule has 98 valence electrons. The number of benzene rings is 2. The molecule has 0 saturated carbocycles. The zero-order chi connectivity index (χ0) is 14.1. The maximum atomic E-state index is 14.0. The highest BCUT2D eigenvalue weighted by molar-refractivity contribution is 5.75. The molecule has 1 heterocycles. The van der Waals surface area contributed by atoms with Crippen molar-refractivity contribution in [1.29, 1.82) is 5.26 Å². The molecule has 20 heavy (non-hydrogen) atoms. The van der Waals surface area contributed by atoms with E-state index in [2.05, 4.69) is 4.98 Å². The van der Waals surface area contributed by atoms with Gasteiger partial charge < -0.3 is 4.57 Å². The van der Waals surface area contributed by atoms with Crippen molar-refractivity contribution >= 4 is 11.0 Å². The van der Waals surface area contributed by atoms with Crippen LogP contribution in [-0.4, -0.2) is 9.55 Å². The summed E-state index contributed by atoms with van der Waals surface area (Å²) in [7, 11) is 0. The van der Waals surface area contributed by atoms with Crippen LogP contribution in [-0.2, 0) is 6.54 Å². The Morgan fingerprint density at radius 1 is 1.25 bits per heavy atom. The average molecular weight is 265 g/mol. The maximum absolute atomic E-state index is 14.0. The van der Waals surface area contributed by atoms with E-state index in [1.807, 2.05) is 41.8 Å². The number of fused-ring (bicyclic) bond motifs is 1. The van der Waals surface area contributed by atoms with Gasteiger partial charge >= 0.3 is 0 Å². The second-order valence-corrected chi connectivity index (χ2v) is 4.65. The topological polar surface area (TPSA) is 41.6 Å². The molecule has 0 bridgehead atoms. The largest absolute Gasteiger partial charge is 0.324 e. The van der Waals surface area contributed by atoms with Gasteiger partial charge in [-0.25, -0.2) is 9.37 Å². The zero-order valence-electron chi connectivity index (χ0n) is 11.0. The molecule has 0 amide bonds. The Morgan fingerprint density at radius 2 is 2.05 bits per heavy atom. The van der Waals surface area contributed by atoms with E-state index < -0.39 is 0 Å². The SMILES string of the molecule is Cc1nc2ccccc2n1Cc1ccc(C#N)cc1F. The molecule has 3 aromatic rings. The molecule has 0 saturated heterocycles. The first-order valence-corrected chi connectivity index (χ1v) is 6.29. The summed E-state index contributed by atoms with van der Waals surface area (Å²) in [5.74, 6) is 0.483. The number of nitrogens with zero attached hydrogens (tertiary/aromatic N) is 3. The molecule has 0 aliphatic carbocycles. The lowest BCUT2D eigenvalue weighted by Gasteiger charge is -2.08. The highest BCUT2D eigenvalue weighted by Crippen LogP contribution is 2.19. The number of aromatic nitrogens is 2. The van der Waals surface area contributed by atoms with Crippen molar-refractivity contribution in [3.8, 4) is 6.07 Å². The van der Waals surface area contributed by atoms with Crippen LogP contribution in [0.2, 0.25) is 0 Å². The molecular formula is C16H12FN3. The van der Waals surface area contributed by atoms with E-state index in [-0.39, 0.29) is 5.82 Å². The van der Waals surface area contributed by atoms with Crippen molar-refractivity contribution in [2.24, 2.45) is 0 Å². The molecule has 4 heteroatoms. The lowest BCUT2D eigenvalue weighted by atomic mass is 10.1. The number of imidazole rings is 1. The first-order valence-electron chi connectivity index (χ1n) is 6.29. The molecule has 0 atom stereocenters. The Morgan fingerprint density at radius 3 is 2.80 bits per heavy atom. The monoisotopic (exact) mass is 265 g/mol. The first-order chi connectivity index (χ1) is 9.69. The van der Waals surface area contributed by atoms with E-state index in [0.717, 1.165) is 16.9 Å². The minimum Gasteiger partial charge on any atom is -0.324 e. The molecule has 0 fully saturated rings. The van der Waals surface area contributed by atoms with Crippen LogP contribution < -0.4 is 0 Å². The quantitative estimate of drug-likeness (QED) is 0.712. The Kier molecular flexibility index (Phi) is 2.96. The second kappa shape index (κ2) is 4.78. The van der Waals surface area contributed by atoms with Gasteiger partial charge in [-0.1, -0.05) is 18.2 Å². The van der Waals surface area contributed by atoms with Gasteiger partial charge in [0.05, 0.1) is 29.2 Å². The van der Waals surface area contributed by atoms with Gasteiger partial charge in [-0.3, -0.25) is 0 Å². The fourth-order valence-corrected chi connectivity index (χ4v) is 2.31. The van der Waals surface area contributed by atoms with Gasteiger partial charge in [-0.05, 0) is 31.2 Å². The smallest absolute Gasteiger partial charge is 0.129 e. The minimum absolute atomic E-state index is 0.332. The van der Waals surface area contributed by atoms with Crippen LogP contribution in [0.3, 0.4) is 0 Å². The van der Waals surface area contributed by atoms with Gasteiger partial charge in [0.15, 0.2) is 0 Å². The summed E-state index contributed by atoms with van der Waals surface area (Å²) < 4.78 is 15.9. The Bertz CT molecular complexity index is 827. The summed E-state index contributed by atoms with van der Waals surface area (Å²) >= 11 is 0. The van der Waals surface area contributed by atoms with Gasteiger partial charge in [0.1, 0.15) is 11.6 Å². The lowest BCUT2D eigenvalue weighted by Crippen LogP contribution is -2.04. The number of aryl methyl sites for hydroxylation is 1. The van der Waals surface area contributed by atoms with Gasteiger partial charge in [-0.2, -0.15) is 5.26 Å². The predicted molar refractivity (Wildman–Crippen MR) is 74.7 cm³/mol. The molecule has 0 N–H and O–H groups in total. The summed E-state index contributed by atoms with van der Waals surface area (Å²) in [5.41, 5.74) is 2.77. The molecule has 1 aromatic heterocycles. The fourth-order valence-electron chi connectivity index (χ4n) is 2.31. The molecule has 0 spiro atoms. The van der Waals surface area contributed by atoms with Crippen molar-refractivity contribution in [1.82, 2.24) is 9.55 Å². The van der Waals surface area contributed by atoms with Crippen molar-refractivity contribution in [3.63, 3.8) is 0 Å². The number of para-hydroxylation sites is 2. The third-order valence-corrected chi connectivity index (χ3v) is 3.36. The average Bonchev–Trinajstić information content (AvgIpc) is 2.77. The second-order valence-electron chi connectivity index (χ2n) is 4.65. The number of hydrogen-bond donors (Lipinski definition) is 0. The van der Waals surface area contributed by atoms with E-state index in [1.54, 1.807) is 12.1 Å². The summed E-state index contributed by atoms with van der Waals surface area (Å²) in [5, 5.41) is 8.76.